The molecule has 0 aliphatic carbocycles. The van der Waals surface area contributed by atoms with Crippen LogP contribution in [-0.2, 0) is 4.74 Å². The Labute approximate surface area is 161 Å². The van der Waals surface area contributed by atoms with Gasteiger partial charge in [0.25, 0.3) is 5.56 Å². The van der Waals surface area contributed by atoms with E-state index in [1.54, 1.807) is 0 Å². The number of anilines is 2. The summed E-state index contributed by atoms with van der Waals surface area (Å²) in [6.07, 6.45) is 4.98. The van der Waals surface area contributed by atoms with Crippen LogP contribution in [0.1, 0.15) is 33.1 Å². The van der Waals surface area contributed by atoms with Crippen LogP contribution in [0.3, 0.4) is 0 Å². The fourth-order valence-corrected chi connectivity index (χ4v) is 3.39. The van der Waals surface area contributed by atoms with Crippen LogP contribution in [0.15, 0.2) is 41.3 Å². The first-order valence-corrected chi connectivity index (χ1v) is 9.95. The molecule has 6 heteroatoms. The fraction of sp³-hybridized carbons (Fsp3) is 0.524. The van der Waals surface area contributed by atoms with E-state index in [1.165, 1.54) is 4.68 Å². The lowest BCUT2D eigenvalue weighted by Gasteiger charge is -2.33. The Bertz CT molecular complexity index is 767. The molecule has 0 spiro atoms. The summed E-state index contributed by atoms with van der Waals surface area (Å²) in [6.45, 7) is 8.31. The van der Waals surface area contributed by atoms with Gasteiger partial charge in [-0.05, 0) is 44.2 Å². The summed E-state index contributed by atoms with van der Waals surface area (Å²) < 4.78 is 6.88. The quantitative estimate of drug-likeness (QED) is 0.723. The van der Waals surface area contributed by atoms with Gasteiger partial charge in [-0.15, -0.1) is 0 Å². The predicted octanol–water partition coefficient (Wildman–Crippen LogP) is 3.31. The van der Waals surface area contributed by atoms with Crippen molar-refractivity contribution in [2.24, 2.45) is 5.92 Å². The number of rotatable bonds is 8. The number of ether oxygens (including phenoxy) is 1. The molecule has 1 aromatic carbocycles. The van der Waals surface area contributed by atoms with Crippen molar-refractivity contribution in [1.29, 1.82) is 0 Å². The van der Waals surface area contributed by atoms with Gasteiger partial charge in [0.2, 0.25) is 0 Å². The van der Waals surface area contributed by atoms with Gasteiger partial charge in [0.05, 0.1) is 17.6 Å². The summed E-state index contributed by atoms with van der Waals surface area (Å²) in [5, 5.41) is 7.82. The van der Waals surface area contributed by atoms with Crippen molar-refractivity contribution in [3.63, 3.8) is 0 Å². The van der Waals surface area contributed by atoms with Gasteiger partial charge in [0.15, 0.2) is 0 Å². The minimum atomic E-state index is -0.103. The van der Waals surface area contributed by atoms with E-state index in [-0.39, 0.29) is 5.56 Å². The van der Waals surface area contributed by atoms with Crippen molar-refractivity contribution < 1.29 is 4.74 Å². The molecule has 0 amide bonds. The van der Waals surface area contributed by atoms with Crippen molar-refractivity contribution in [2.75, 3.05) is 43.1 Å². The Morgan fingerprint density at radius 3 is 2.67 bits per heavy atom. The van der Waals surface area contributed by atoms with Gasteiger partial charge in [-0.2, -0.15) is 9.78 Å². The Hall–Kier alpha value is -2.34. The average molecular weight is 370 g/mol. The molecule has 0 atom stereocenters. The zero-order chi connectivity index (χ0) is 19.1. The molecule has 1 fully saturated rings. The van der Waals surface area contributed by atoms with E-state index < -0.39 is 0 Å². The highest BCUT2D eigenvalue weighted by Gasteiger charge is 2.21. The maximum Gasteiger partial charge on any atom is 0.296 e. The summed E-state index contributed by atoms with van der Waals surface area (Å²) in [5.74, 6) is 0.737. The third kappa shape index (κ3) is 4.89. The molecule has 1 aliphatic heterocycles. The monoisotopic (exact) mass is 370 g/mol. The molecule has 2 heterocycles. The molecule has 1 N–H and O–H groups in total. The summed E-state index contributed by atoms with van der Waals surface area (Å²) in [5.41, 5.74) is 2.22. The second kappa shape index (κ2) is 9.55. The Balaban J connectivity index is 1.87. The third-order valence-corrected chi connectivity index (χ3v) is 5.05. The molecule has 27 heavy (non-hydrogen) atoms. The SMILES string of the molecule is CCOCCCNc1c(N2CCC(C)CC2)cnn(-c2ccccc2)c1=O. The first-order valence-electron chi connectivity index (χ1n) is 9.95. The topological polar surface area (TPSA) is 59.4 Å². The molecule has 0 radical (unpaired) electrons. The van der Waals surface area contributed by atoms with Crippen LogP contribution < -0.4 is 15.8 Å². The molecule has 3 rings (SSSR count). The number of aromatic nitrogens is 2. The number of para-hydroxylation sites is 1. The lowest BCUT2D eigenvalue weighted by atomic mass is 9.99. The van der Waals surface area contributed by atoms with Crippen molar-refractivity contribution in [1.82, 2.24) is 9.78 Å². The molecule has 0 bridgehead atoms. The van der Waals surface area contributed by atoms with Gasteiger partial charge in [0, 0.05) is 32.8 Å². The number of piperidine rings is 1. The zero-order valence-corrected chi connectivity index (χ0v) is 16.4. The molecule has 146 valence electrons. The van der Waals surface area contributed by atoms with E-state index in [4.69, 9.17) is 4.74 Å². The fourth-order valence-electron chi connectivity index (χ4n) is 3.39. The molecule has 6 nitrogen and oxygen atoms in total. The van der Waals surface area contributed by atoms with Crippen LogP contribution in [0.4, 0.5) is 11.4 Å². The Morgan fingerprint density at radius 2 is 1.96 bits per heavy atom. The van der Waals surface area contributed by atoms with Crippen LogP contribution in [0.25, 0.3) is 5.69 Å². The van der Waals surface area contributed by atoms with Crippen LogP contribution in [-0.4, -0.2) is 42.6 Å². The number of nitrogens with one attached hydrogen (secondary N) is 1. The summed E-state index contributed by atoms with van der Waals surface area (Å²) in [6, 6.07) is 9.56. The maximum atomic E-state index is 13.2. The minimum absolute atomic E-state index is 0.103. The highest BCUT2D eigenvalue weighted by molar-refractivity contribution is 5.68. The van der Waals surface area contributed by atoms with Gasteiger partial charge in [-0.1, -0.05) is 25.1 Å². The molecule has 0 saturated carbocycles. The van der Waals surface area contributed by atoms with Crippen LogP contribution >= 0.6 is 0 Å². The van der Waals surface area contributed by atoms with Gasteiger partial charge >= 0.3 is 0 Å². The second-order valence-electron chi connectivity index (χ2n) is 7.10. The highest BCUT2D eigenvalue weighted by Crippen LogP contribution is 2.27. The van der Waals surface area contributed by atoms with E-state index in [9.17, 15) is 4.79 Å². The number of nitrogens with zero attached hydrogens (tertiary/aromatic N) is 3. The van der Waals surface area contributed by atoms with Crippen molar-refractivity contribution in [3.8, 4) is 5.69 Å². The first-order chi connectivity index (χ1) is 13.2. The maximum absolute atomic E-state index is 13.2. The normalized spacial score (nSPS) is 15.1. The summed E-state index contributed by atoms with van der Waals surface area (Å²) >= 11 is 0. The molecule has 1 aromatic heterocycles. The molecular formula is C21H30N4O2. The molecule has 2 aromatic rings. The predicted molar refractivity (Wildman–Crippen MR) is 110 cm³/mol. The largest absolute Gasteiger partial charge is 0.382 e. The van der Waals surface area contributed by atoms with Crippen LogP contribution in [0.2, 0.25) is 0 Å². The van der Waals surface area contributed by atoms with Gasteiger partial charge in [-0.3, -0.25) is 4.79 Å². The number of benzene rings is 1. The lowest BCUT2D eigenvalue weighted by Crippen LogP contribution is -2.36. The van der Waals surface area contributed by atoms with Crippen molar-refractivity contribution in [2.45, 2.75) is 33.1 Å². The second-order valence-corrected chi connectivity index (χ2v) is 7.10. The Morgan fingerprint density at radius 1 is 1.22 bits per heavy atom. The smallest absolute Gasteiger partial charge is 0.296 e. The average Bonchev–Trinajstić information content (AvgIpc) is 2.70. The summed E-state index contributed by atoms with van der Waals surface area (Å²) in [4.78, 5) is 15.5. The first kappa shape index (κ1) is 19.4. The van der Waals surface area contributed by atoms with Gasteiger partial charge in [-0.25, -0.2) is 0 Å². The van der Waals surface area contributed by atoms with Crippen LogP contribution in [0.5, 0.6) is 0 Å². The Kier molecular flexibility index (Phi) is 6.87. The van der Waals surface area contributed by atoms with Crippen molar-refractivity contribution >= 4 is 11.4 Å². The van der Waals surface area contributed by atoms with Crippen LogP contribution in [0, 0.1) is 5.92 Å². The molecule has 1 saturated heterocycles. The summed E-state index contributed by atoms with van der Waals surface area (Å²) in [7, 11) is 0. The van der Waals surface area contributed by atoms with E-state index in [0.29, 0.717) is 25.4 Å². The van der Waals surface area contributed by atoms with Gasteiger partial charge < -0.3 is 15.0 Å². The van der Waals surface area contributed by atoms with E-state index in [0.717, 1.165) is 49.6 Å². The molecular weight excluding hydrogens is 340 g/mol. The number of hydrogen-bond donors (Lipinski definition) is 1. The molecule has 1 aliphatic rings. The lowest BCUT2D eigenvalue weighted by molar-refractivity contribution is 0.147. The van der Waals surface area contributed by atoms with E-state index in [1.807, 2.05) is 43.5 Å². The van der Waals surface area contributed by atoms with E-state index in [2.05, 4.69) is 22.2 Å². The number of hydrogen-bond acceptors (Lipinski definition) is 5. The third-order valence-electron chi connectivity index (χ3n) is 5.05. The van der Waals surface area contributed by atoms with Gasteiger partial charge in [0.1, 0.15) is 5.69 Å². The standard InChI is InChI=1S/C21H30N4O2/c1-3-27-15-7-12-22-20-19(24-13-10-17(2)11-14-24)16-23-25(21(20)26)18-8-5-4-6-9-18/h4-6,8-9,16-17,22H,3,7,10-15H2,1-2H3. The zero-order valence-electron chi connectivity index (χ0n) is 16.4. The highest BCUT2D eigenvalue weighted by atomic mass is 16.5. The van der Waals surface area contributed by atoms with E-state index >= 15 is 0 Å². The van der Waals surface area contributed by atoms with Crippen molar-refractivity contribution in [3.05, 3.63) is 46.9 Å². The molecule has 0 unspecified atom stereocenters. The minimum Gasteiger partial charge on any atom is -0.382 e.